The fourth-order valence-electron chi connectivity index (χ4n) is 2.59. The van der Waals surface area contributed by atoms with E-state index in [9.17, 15) is 13.2 Å². The molecule has 0 bridgehead atoms. The number of guanidine groups is 1. The summed E-state index contributed by atoms with van der Waals surface area (Å²) >= 11 is 0. The molecule has 1 aromatic carbocycles. The molecule has 0 atom stereocenters. The van der Waals surface area contributed by atoms with E-state index in [1.54, 1.807) is 26.3 Å². The first-order valence-corrected chi connectivity index (χ1v) is 9.61. The molecule has 0 saturated carbocycles. The van der Waals surface area contributed by atoms with Gasteiger partial charge in [-0.05, 0) is 24.6 Å². The molecular weight excluding hydrogens is 413 g/mol. The number of benzene rings is 1. The van der Waals surface area contributed by atoms with Crippen molar-refractivity contribution in [2.75, 3.05) is 34.0 Å². The van der Waals surface area contributed by atoms with Crippen LogP contribution in [-0.4, -0.2) is 51.1 Å². The Morgan fingerprint density at radius 2 is 1.81 bits per heavy atom. The SMILES string of the molecule is CN=C(NCc1ccc(C)cc1OCCOC)NCc1cccnc1OCC(F)(F)F. The van der Waals surface area contributed by atoms with E-state index in [4.69, 9.17) is 14.2 Å². The molecule has 0 aliphatic rings. The van der Waals surface area contributed by atoms with Gasteiger partial charge in [0.05, 0.1) is 6.61 Å². The van der Waals surface area contributed by atoms with Gasteiger partial charge in [-0.2, -0.15) is 13.2 Å². The molecule has 170 valence electrons. The zero-order chi connectivity index (χ0) is 22.7. The van der Waals surface area contributed by atoms with Crippen molar-refractivity contribution in [3.63, 3.8) is 0 Å². The van der Waals surface area contributed by atoms with Gasteiger partial charge in [0.25, 0.3) is 0 Å². The van der Waals surface area contributed by atoms with Gasteiger partial charge in [0.1, 0.15) is 12.4 Å². The Labute approximate surface area is 179 Å². The van der Waals surface area contributed by atoms with Crippen LogP contribution in [0.3, 0.4) is 0 Å². The maximum absolute atomic E-state index is 12.4. The number of rotatable bonds is 10. The van der Waals surface area contributed by atoms with E-state index < -0.39 is 12.8 Å². The van der Waals surface area contributed by atoms with Crippen molar-refractivity contribution >= 4 is 5.96 Å². The van der Waals surface area contributed by atoms with E-state index in [0.29, 0.717) is 31.3 Å². The van der Waals surface area contributed by atoms with E-state index >= 15 is 0 Å². The molecule has 2 aromatic rings. The van der Waals surface area contributed by atoms with Gasteiger partial charge in [-0.25, -0.2) is 4.98 Å². The first-order chi connectivity index (χ1) is 14.8. The summed E-state index contributed by atoms with van der Waals surface area (Å²) in [6.45, 7) is 2.12. The largest absolute Gasteiger partial charge is 0.491 e. The third kappa shape index (κ3) is 8.71. The van der Waals surface area contributed by atoms with E-state index in [2.05, 4.69) is 20.6 Å². The molecule has 1 heterocycles. The number of methoxy groups -OCH3 is 1. The fraction of sp³-hybridized carbons (Fsp3) is 0.429. The summed E-state index contributed by atoms with van der Waals surface area (Å²) in [4.78, 5) is 8.03. The minimum atomic E-state index is -4.43. The van der Waals surface area contributed by atoms with Crippen molar-refractivity contribution in [1.29, 1.82) is 0 Å². The number of aromatic nitrogens is 1. The molecule has 2 rings (SSSR count). The number of aliphatic imine (C=N–C) groups is 1. The zero-order valence-electron chi connectivity index (χ0n) is 17.8. The van der Waals surface area contributed by atoms with Crippen molar-refractivity contribution in [1.82, 2.24) is 15.6 Å². The Morgan fingerprint density at radius 3 is 2.48 bits per heavy atom. The molecule has 0 saturated heterocycles. The number of aryl methyl sites for hydroxylation is 1. The van der Waals surface area contributed by atoms with Crippen molar-refractivity contribution < 1.29 is 27.4 Å². The molecule has 7 nitrogen and oxygen atoms in total. The maximum atomic E-state index is 12.4. The number of nitrogens with zero attached hydrogens (tertiary/aromatic N) is 2. The van der Waals surface area contributed by atoms with Crippen LogP contribution in [0.15, 0.2) is 41.5 Å². The van der Waals surface area contributed by atoms with Crippen LogP contribution in [0.4, 0.5) is 13.2 Å². The van der Waals surface area contributed by atoms with Crippen molar-refractivity contribution in [2.45, 2.75) is 26.2 Å². The van der Waals surface area contributed by atoms with E-state index in [0.717, 1.165) is 16.9 Å². The van der Waals surface area contributed by atoms with E-state index in [1.807, 2.05) is 25.1 Å². The molecule has 0 amide bonds. The van der Waals surface area contributed by atoms with Crippen LogP contribution >= 0.6 is 0 Å². The molecule has 2 N–H and O–H groups in total. The number of pyridine rings is 1. The number of halogens is 3. The molecule has 10 heteroatoms. The number of ether oxygens (including phenoxy) is 3. The number of hydrogen-bond acceptors (Lipinski definition) is 5. The lowest BCUT2D eigenvalue weighted by Gasteiger charge is -2.16. The lowest BCUT2D eigenvalue weighted by molar-refractivity contribution is -0.154. The van der Waals surface area contributed by atoms with E-state index in [-0.39, 0.29) is 12.4 Å². The number of nitrogens with one attached hydrogen (secondary N) is 2. The maximum Gasteiger partial charge on any atom is 0.422 e. The minimum Gasteiger partial charge on any atom is -0.491 e. The van der Waals surface area contributed by atoms with Crippen LogP contribution in [0.1, 0.15) is 16.7 Å². The lowest BCUT2D eigenvalue weighted by atomic mass is 10.1. The quantitative estimate of drug-likeness (QED) is 0.336. The van der Waals surface area contributed by atoms with Crippen LogP contribution in [0.2, 0.25) is 0 Å². The second-order valence-electron chi connectivity index (χ2n) is 6.60. The third-order valence-corrected chi connectivity index (χ3v) is 4.11. The third-order valence-electron chi connectivity index (χ3n) is 4.11. The normalized spacial score (nSPS) is 11.9. The van der Waals surface area contributed by atoms with Gasteiger partial charge >= 0.3 is 6.18 Å². The monoisotopic (exact) mass is 440 g/mol. The molecule has 1 aromatic heterocycles. The van der Waals surface area contributed by atoms with Gasteiger partial charge in [0.15, 0.2) is 12.6 Å². The van der Waals surface area contributed by atoms with Crippen molar-refractivity contribution in [3.05, 3.63) is 53.2 Å². The highest BCUT2D eigenvalue weighted by atomic mass is 19.4. The smallest absolute Gasteiger partial charge is 0.422 e. The Morgan fingerprint density at radius 1 is 1.06 bits per heavy atom. The summed E-state index contributed by atoms with van der Waals surface area (Å²) in [5.74, 6) is 1.14. The predicted molar refractivity (Wildman–Crippen MR) is 111 cm³/mol. The minimum absolute atomic E-state index is 0.0739. The topological polar surface area (TPSA) is 77.0 Å². The van der Waals surface area contributed by atoms with Crippen molar-refractivity contribution in [2.24, 2.45) is 4.99 Å². The van der Waals surface area contributed by atoms with Gasteiger partial charge < -0.3 is 24.8 Å². The van der Waals surface area contributed by atoms with Gasteiger partial charge in [-0.15, -0.1) is 0 Å². The molecular formula is C21H27F3N4O3. The summed E-state index contributed by atoms with van der Waals surface area (Å²) in [6, 6.07) is 9.16. The summed E-state index contributed by atoms with van der Waals surface area (Å²) in [5.41, 5.74) is 2.48. The van der Waals surface area contributed by atoms with Gasteiger partial charge in [0.2, 0.25) is 5.88 Å². The van der Waals surface area contributed by atoms with Crippen molar-refractivity contribution in [3.8, 4) is 11.6 Å². The predicted octanol–water partition coefficient (Wildman–Crippen LogP) is 3.22. The van der Waals surface area contributed by atoms with Crippen LogP contribution in [0, 0.1) is 6.92 Å². The Hall–Kier alpha value is -3.01. The summed E-state index contributed by atoms with van der Waals surface area (Å²) in [5, 5.41) is 6.22. The summed E-state index contributed by atoms with van der Waals surface area (Å²) in [6.07, 6.45) is -3.05. The Kier molecular flexibility index (Phi) is 9.39. The molecule has 0 fully saturated rings. The van der Waals surface area contributed by atoms with Crippen LogP contribution < -0.4 is 20.1 Å². The summed E-state index contributed by atoms with van der Waals surface area (Å²) in [7, 11) is 3.21. The summed E-state index contributed by atoms with van der Waals surface area (Å²) < 4.78 is 52.9. The molecule has 0 unspecified atom stereocenters. The number of hydrogen-bond donors (Lipinski definition) is 2. The highest BCUT2D eigenvalue weighted by molar-refractivity contribution is 5.79. The van der Waals surface area contributed by atoms with E-state index in [1.165, 1.54) is 6.20 Å². The molecule has 31 heavy (non-hydrogen) atoms. The average Bonchev–Trinajstić information content (AvgIpc) is 2.73. The molecule has 0 aliphatic heterocycles. The standard InChI is InChI=1S/C21H27F3N4O3/c1-15-6-7-16(18(11-15)30-10-9-29-3)12-27-20(25-2)28-13-17-5-4-8-26-19(17)31-14-21(22,23)24/h4-8,11H,9-10,12-14H2,1-3H3,(H2,25,27,28). The highest BCUT2D eigenvalue weighted by Gasteiger charge is 2.29. The fourth-order valence-corrected chi connectivity index (χ4v) is 2.59. The molecule has 0 aliphatic carbocycles. The van der Waals surface area contributed by atoms with Crippen LogP contribution in [0.5, 0.6) is 11.6 Å². The van der Waals surface area contributed by atoms with Gasteiger partial charge in [0, 0.05) is 44.6 Å². The number of alkyl halides is 3. The first-order valence-electron chi connectivity index (χ1n) is 9.61. The Bertz CT molecular complexity index is 860. The molecule has 0 radical (unpaired) electrons. The average molecular weight is 440 g/mol. The van der Waals surface area contributed by atoms with Gasteiger partial charge in [-0.3, -0.25) is 4.99 Å². The second-order valence-corrected chi connectivity index (χ2v) is 6.60. The van der Waals surface area contributed by atoms with Crippen LogP contribution in [0.25, 0.3) is 0 Å². The zero-order valence-corrected chi connectivity index (χ0v) is 17.8. The van der Waals surface area contributed by atoms with Gasteiger partial charge in [-0.1, -0.05) is 18.2 Å². The highest BCUT2D eigenvalue weighted by Crippen LogP contribution is 2.21. The Balaban J connectivity index is 1.96. The second kappa shape index (κ2) is 12.0. The van der Waals surface area contributed by atoms with Crippen LogP contribution in [-0.2, 0) is 17.8 Å². The lowest BCUT2D eigenvalue weighted by Crippen LogP contribution is -2.36. The molecule has 0 spiro atoms. The first kappa shape index (κ1) is 24.3.